The largest absolute Gasteiger partial charge is 0.368 e. The number of aryl methyl sites for hydroxylation is 1. The summed E-state index contributed by atoms with van der Waals surface area (Å²) in [7, 11) is 0. The maximum atomic E-state index is 11.1. The van der Waals surface area contributed by atoms with Crippen molar-refractivity contribution in [2.45, 2.75) is 13.8 Å². The molecule has 1 aromatic heterocycles. The summed E-state index contributed by atoms with van der Waals surface area (Å²) < 4.78 is 0. The smallest absolute Gasteiger partial charge is 0.239 e. The summed E-state index contributed by atoms with van der Waals surface area (Å²) in [5, 5.41) is 5.54. The van der Waals surface area contributed by atoms with E-state index in [1.54, 1.807) is 6.07 Å². The Bertz CT molecular complexity index is 332. The molecule has 1 amide bonds. The summed E-state index contributed by atoms with van der Waals surface area (Å²) in [5.41, 5.74) is 6.23. The number of hydrogen-bond acceptors (Lipinski definition) is 5. The van der Waals surface area contributed by atoms with E-state index in [2.05, 4.69) is 20.6 Å². The maximum absolute atomic E-state index is 11.1. The minimum atomic E-state index is -0.0765. The van der Waals surface area contributed by atoms with Crippen molar-refractivity contribution in [3.63, 3.8) is 0 Å². The first kappa shape index (κ1) is 11.2. The molecule has 82 valence electrons. The van der Waals surface area contributed by atoms with Crippen LogP contribution in [0.3, 0.4) is 0 Å². The Morgan fingerprint density at radius 3 is 2.87 bits per heavy atom. The molecule has 15 heavy (non-hydrogen) atoms. The van der Waals surface area contributed by atoms with E-state index in [0.717, 1.165) is 5.69 Å². The molecule has 6 nitrogen and oxygen atoms in total. The van der Waals surface area contributed by atoms with Crippen molar-refractivity contribution in [1.82, 2.24) is 15.3 Å². The molecular weight excluding hydrogens is 194 g/mol. The molecule has 1 heterocycles. The van der Waals surface area contributed by atoms with Crippen molar-refractivity contribution in [2.24, 2.45) is 0 Å². The van der Waals surface area contributed by atoms with Gasteiger partial charge in [-0.3, -0.25) is 4.79 Å². The zero-order chi connectivity index (χ0) is 11.3. The summed E-state index contributed by atoms with van der Waals surface area (Å²) in [4.78, 5) is 19.0. The van der Waals surface area contributed by atoms with Crippen LogP contribution in [0.25, 0.3) is 0 Å². The van der Waals surface area contributed by atoms with Crippen LogP contribution in [0.1, 0.15) is 12.6 Å². The van der Waals surface area contributed by atoms with E-state index in [4.69, 9.17) is 5.73 Å². The number of nitrogens with two attached hydrogens (primary N) is 1. The molecule has 6 heteroatoms. The topological polar surface area (TPSA) is 92.9 Å². The van der Waals surface area contributed by atoms with Gasteiger partial charge in [-0.2, -0.15) is 4.98 Å². The normalized spacial score (nSPS) is 9.73. The lowest BCUT2D eigenvalue weighted by Gasteiger charge is -2.06. The number of aromatic nitrogens is 2. The Labute approximate surface area is 88.3 Å². The fourth-order valence-electron chi connectivity index (χ4n) is 1.11. The van der Waals surface area contributed by atoms with Crippen LogP contribution in [-0.2, 0) is 4.79 Å². The molecule has 0 bridgehead atoms. The molecule has 0 fully saturated rings. The Kier molecular flexibility index (Phi) is 3.84. The van der Waals surface area contributed by atoms with Crippen LogP contribution >= 0.6 is 0 Å². The molecule has 4 N–H and O–H groups in total. The minimum absolute atomic E-state index is 0.0765. The van der Waals surface area contributed by atoms with Gasteiger partial charge in [0.1, 0.15) is 5.82 Å². The van der Waals surface area contributed by atoms with Crippen molar-refractivity contribution in [3.8, 4) is 0 Å². The van der Waals surface area contributed by atoms with Crippen LogP contribution in [0.4, 0.5) is 11.8 Å². The highest BCUT2D eigenvalue weighted by molar-refractivity contribution is 5.80. The maximum Gasteiger partial charge on any atom is 0.239 e. The molecule has 1 rings (SSSR count). The fraction of sp³-hybridized carbons (Fsp3) is 0.444. The first-order valence-corrected chi connectivity index (χ1v) is 4.73. The zero-order valence-corrected chi connectivity index (χ0v) is 8.87. The highest BCUT2D eigenvalue weighted by Crippen LogP contribution is 2.06. The predicted molar refractivity (Wildman–Crippen MR) is 58.4 cm³/mol. The van der Waals surface area contributed by atoms with Crippen LogP contribution in [0.5, 0.6) is 0 Å². The molecule has 0 spiro atoms. The highest BCUT2D eigenvalue weighted by Gasteiger charge is 2.01. The second-order valence-electron chi connectivity index (χ2n) is 3.06. The Hall–Kier alpha value is -1.85. The van der Waals surface area contributed by atoms with E-state index < -0.39 is 0 Å². The standard InChI is InChI=1S/C9H15N5O/c1-3-11-8(15)5-12-7-4-6(2)13-9(10)14-7/h4H,3,5H2,1-2H3,(H,11,15)(H3,10,12,13,14). The Morgan fingerprint density at radius 1 is 1.53 bits per heavy atom. The van der Waals surface area contributed by atoms with Crippen LogP contribution in [0.15, 0.2) is 6.07 Å². The van der Waals surface area contributed by atoms with E-state index in [9.17, 15) is 4.79 Å². The Balaban J connectivity index is 2.54. The average molecular weight is 209 g/mol. The summed E-state index contributed by atoms with van der Waals surface area (Å²) in [6.45, 7) is 4.48. The minimum Gasteiger partial charge on any atom is -0.368 e. The van der Waals surface area contributed by atoms with Gasteiger partial charge in [0.2, 0.25) is 11.9 Å². The van der Waals surface area contributed by atoms with E-state index >= 15 is 0 Å². The van der Waals surface area contributed by atoms with Crippen LogP contribution in [0.2, 0.25) is 0 Å². The molecule has 0 aliphatic heterocycles. The van der Waals surface area contributed by atoms with E-state index in [1.807, 2.05) is 13.8 Å². The van der Waals surface area contributed by atoms with Crippen molar-refractivity contribution in [1.29, 1.82) is 0 Å². The van der Waals surface area contributed by atoms with E-state index in [-0.39, 0.29) is 18.4 Å². The van der Waals surface area contributed by atoms with Gasteiger partial charge in [0.25, 0.3) is 0 Å². The summed E-state index contributed by atoms with van der Waals surface area (Å²) in [6.07, 6.45) is 0. The SMILES string of the molecule is CCNC(=O)CNc1cc(C)nc(N)n1. The highest BCUT2D eigenvalue weighted by atomic mass is 16.1. The summed E-state index contributed by atoms with van der Waals surface area (Å²) >= 11 is 0. The molecule has 0 aromatic carbocycles. The van der Waals surface area contributed by atoms with Crippen molar-refractivity contribution in [3.05, 3.63) is 11.8 Å². The number of anilines is 2. The van der Waals surface area contributed by atoms with Crippen LogP contribution in [-0.4, -0.2) is 29.0 Å². The number of carbonyl (C=O) groups is 1. The van der Waals surface area contributed by atoms with E-state index in [0.29, 0.717) is 12.4 Å². The second-order valence-corrected chi connectivity index (χ2v) is 3.06. The molecule has 0 saturated heterocycles. The van der Waals surface area contributed by atoms with Gasteiger partial charge in [0, 0.05) is 18.3 Å². The Morgan fingerprint density at radius 2 is 2.27 bits per heavy atom. The number of carbonyl (C=O) groups excluding carboxylic acids is 1. The number of amides is 1. The molecule has 0 aliphatic carbocycles. The monoisotopic (exact) mass is 209 g/mol. The zero-order valence-electron chi connectivity index (χ0n) is 8.87. The first-order valence-electron chi connectivity index (χ1n) is 4.73. The second kappa shape index (κ2) is 5.14. The lowest BCUT2D eigenvalue weighted by atomic mass is 10.4. The molecular formula is C9H15N5O. The molecule has 0 saturated carbocycles. The average Bonchev–Trinajstić information content (AvgIpc) is 2.14. The van der Waals surface area contributed by atoms with Gasteiger partial charge in [-0.25, -0.2) is 4.98 Å². The lowest BCUT2D eigenvalue weighted by Crippen LogP contribution is -2.29. The van der Waals surface area contributed by atoms with Gasteiger partial charge >= 0.3 is 0 Å². The molecule has 0 unspecified atom stereocenters. The predicted octanol–water partition coefficient (Wildman–Crippen LogP) is -0.0848. The molecule has 0 atom stereocenters. The van der Waals surface area contributed by atoms with E-state index in [1.165, 1.54) is 0 Å². The number of hydrogen-bond donors (Lipinski definition) is 3. The summed E-state index contributed by atoms with van der Waals surface area (Å²) in [5.74, 6) is 0.687. The van der Waals surface area contributed by atoms with Gasteiger partial charge in [0.15, 0.2) is 0 Å². The molecule has 0 aliphatic rings. The quantitative estimate of drug-likeness (QED) is 0.644. The van der Waals surface area contributed by atoms with Gasteiger partial charge in [-0.05, 0) is 13.8 Å². The number of nitrogens with one attached hydrogen (secondary N) is 2. The molecule has 0 radical (unpaired) electrons. The van der Waals surface area contributed by atoms with Crippen molar-refractivity contribution in [2.75, 3.05) is 24.1 Å². The fourth-order valence-corrected chi connectivity index (χ4v) is 1.11. The number of nitrogen functional groups attached to an aromatic ring is 1. The van der Waals surface area contributed by atoms with Gasteiger partial charge < -0.3 is 16.4 Å². The molecule has 1 aromatic rings. The van der Waals surface area contributed by atoms with Crippen LogP contribution < -0.4 is 16.4 Å². The summed E-state index contributed by atoms with van der Waals surface area (Å²) in [6, 6.07) is 1.73. The number of rotatable bonds is 4. The van der Waals surface area contributed by atoms with Gasteiger partial charge in [-0.15, -0.1) is 0 Å². The third kappa shape index (κ3) is 3.80. The van der Waals surface area contributed by atoms with Gasteiger partial charge in [0.05, 0.1) is 6.54 Å². The van der Waals surface area contributed by atoms with Gasteiger partial charge in [-0.1, -0.05) is 0 Å². The third-order valence-electron chi connectivity index (χ3n) is 1.68. The third-order valence-corrected chi connectivity index (χ3v) is 1.68. The van der Waals surface area contributed by atoms with Crippen molar-refractivity contribution >= 4 is 17.7 Å². The van der Waals surface area contributed by atoms with Crippen molar-refractivity contribution < 1.29 is 4.79 Å². The first-order chi connectivity index (χ1) is 7.11. The number of nitrogens with zero attached hydrogens (tertiary/aromatic N) is 2. The number of likely N-dealkylation sites (N-methyl/N-ethyl adjacent to an activating group) is 1. The lowest BCUT2D eigenvalue weighted by molar-refractivity contribution is -0.119. The van der Waals surface area contributed by atoms with Crippen LogP contribution in [0, 0.1) is 6.92 Å².